The molecule has 6 saturated carbocycles. The molecule has 11 aromatic rings. The van der Waals surface area contributed by atoms with E-state index in [4.69, 9.17) is 68.8 Å². The fourth-order valence-corrected chi connectivity index (χ4v) is 29.4. The maximum atomic E-state index is 8.89. The van der Waals surface area contributed by atoms with Gasteiger partial charge in [0.1, 0.15) is 68.6 Å². The van der Waals surface area contributed by atoms with Crippen LogP contribution in [0.3, 0.4) is 0 Å². The van der Waals surface area contributed by atoms with Gasteiger partial charge in [0.2, 0.25) is 5.88 Å². The number of ether oxygens (including phenoxy) is 3. The zero-order valence-electron chi connectivity index (χ0n) is 77.6. The van der Waals surface area contributed by atoms with E-state index in [2.05, 4.69) is 167 Å². The van der Waals surface area contributed by atoms with Crippen molar-refractivity contribution in [3.8, 4) is 17.4 Å². The van der Waals surface area contributed by atoms with Gasteiger partial charge in [-0.25, -0.2) is 14.5 Å². The van der Waals surface area contributed by atoms with Crippen molar-refractivity contribution in [2.45, 2.75) is 284 Å². The number of nitrogens with two attached hydrogens (primary N) is 1. The van der Waals surface area contributed by atoms with Crippen molar-refractivity contribution in [1.29, 1.82) is 0 Å². The molecule has 2 unspecified atom stereocenters. The summed E-state index contributed by atoms with van der Waals surface area (Å²) < 4.78 is 51.2. The molecule has 0 amide bonds. The third-order valence-corrected chi connectivity index (χ3v) is 33.0. The number of pyridine rings is 2. The van der Waals surface area contributed by atoms with Gasteiger partial charge in [-0.2, -0.15) is 29.3 Å². The maximum absolute atomic E-state index is 8.89. The topological polar surface area (TPSA) is 292 Å². The van der Waals surface area contributed by atoms with Gasteiger partial charge in [-0.15, -0.1) is 41.9 Å². The number of nitrogens with zero attached hydrogens (tertiary/aromatic N) is 17. The van der Waals surface area contributed by atoms with Gasteiger partial charge in [0.25, 0.3) is 0 Å². The number of hydrogen-bond donors (Lipinski definition) is 4. The van der Waals surface area contributed by atoms with Crippen molar-refractivity contribution in [2.75, 3.05) is 38.1 Å². The van der Waals surface area contributed by atoms with Crippen LogP contribution in [0.15, 0.2) is 91.6 Å². The zero-order valence-corrected chi connectivity index (χ0v) is 85.7. The summed E-state index contributed by atoms with van der Waals surface area (Å²) in [6.45, 7) is 26.3. The Morgan fingerprint density at radius 3 is 1.40 bits per heavy atom. The van der Waals surface area contributed by atoms with Gasteiger partial charge in [0.05, 0.1) is 64.9 Å². The smallest absolute Gasteiger partial charge is 0.358 e. The maximum Gasteiger partial charge on any atom is 2.00 e. The quantitative estimate of drug-likeness (QED) is 0.0181. The summed E-state index contributed by atoms with van der Waals surface area (Å²) in [5.74, 6) is 6.51. The molecule has 0 aliphatic heterocycles. The Morgan fingerprint density at radius 2 is 0.992 bits per heavy atom. The molecule has 690 valence electrons. The predicted octanol–water partition coefficient (Wildman–Crippen LogP) is 22.8. The summed E-state index contributed by atoms with van der Waals surface area (Å²) in [5.41, 5.74) is 13.8. The van der Waals surface area contributed by atoms with Crippen LogP contribution in [0.1, 0.15) is 261 Å². The zero-order chi connectivity index (χ0) is 89.6. The van der Waals surface area contributed by atoms with E-state index in [9.17, 15) is 0 Å². The first-order chi connectivity index (χ1) is 59.4. The molecule has 0 bridgehead atoms. The number of methoxy groups -OCH3 is 2. The molecule has 0 saturated heterocycles. The number of anilines is 2. The molecule has 5 N–H and O–H groups in total. The standard InChI is InChI=1S/C27H52P2.C20H21N7O2S.C10H9ClN6S.C10H13NO2.C6H3Cl2N3.C5H10.C4H7N3S.3CH4.2CH3.Fe.I3.3H2/c1-21(29(26(2,3)4)27(5,6)7)24-19-14-20-25(24)28(22-15-10-8-11-16-22)23-17-12-9-13-18-23;1-12-25-26-20(30-12)10-22-18-8-19(24-17-5-6-23-27(17)18)29-11-13-7-15(13)16-4-3-14(28-2)9-21-16;1-6-15-16-10(18-6)5-12-9-4-7(11)14-8-2-3-13-17(8)9;1-13-8-2-3-10(11-5-8)9-4-7(9)6-12;7-4-3-5(8)11-6(10-4)1-2-9-11;1-2-4-5-3-1;1-3-6-7-4(2-5)8-3;;;;;;;1-3-2;;;/h21-25H,8-20H2,1-7H3;3-6,8-9,13,15,22H,7,10-11H2,1-2H3;2-4,12H,5H2,1H3;2-3,5,7,9,12H,4,6H2,1H3;1-3H;1-5H2;2,5H2,1H3;3*1H4;2*1H3;;;3*1H/q;;;;;;;;;;2*-1;+2;-1;;;/t21-,24?,25?;13-,15+;;7-,9+;;;;;;;;;;;;;/m11.1............./s1/i;;;;;;;;;;;;;;3*1+1D. The third kappa shape index (κ3) is 34.5. The van der Waals surface area contributed by atoms with Gasteiger partial charge in [-0.3, -0.25) is 9.97 Å². The molecule has 36 heteroatoms. The van der Waals surface area contributed by atoms with E-state index in [0.29, 0.717) is 106 Å². The van der Waals surface area contributed by atoms with Crippen LogP contribution >= 0.6 is 122 Å². The fourth-order valence-electron chi connectivity index (χ4n) is 16.6. The Labute approximate surface area is 812 Å². The van der Waals surface area contributed by atoms with Gasteiger partial charge in [-0.05, 0) is 141 Å². The van der Waals surface area contributed by atoms with E-state index in [1.807, 2.05) is 57.2 Å². The number of hydrogen-bond acceptors (Lipinski definition) is 24. The third-order valence-electron chi connectivity index (χ3n) is 21.6. The van der Waals surface area contributed by atoms with E-state index in [1.54, 1.807) is 177 Å². The second-order valence-corrected chi connectivity index (χ2v) is 60.6. The van der Waals surface area contributed by atoms with Crippen LogP contribution in [0.5, 0.6) is 17.4 Å². The number of aliphatic hydroxyl groups is 1. The van der Waals surface area contributed by atoms with E-state index < -0.39 is 0 Å². The van der Waals surface area contributed by atoms with Crippen molar-refractivity contribution >= 4 is 150 Å². The second-order valence-electron chi connectivity index (χ2n) is 32.1. The molecule has 17 rings (SSSR count). The fraction of sp³-hybridized carbons (Fsp3) is 0.586. The molecule has 123 heavy (non-hydrogen) atoms. The molecule has 0 aromatic carbocycles. The van der Waals surface area contributed by atoms with Crippen molar-refractivity contribution in [3.05, 3.63) is 163 Å². The van der Waals surface area contributed by atoms with Crippen LogP contribution in [0.4, 0.5) is 11.6 Å². The summed E-state index contributed by atoms with van der Waals surface area (Å²) in [7, 11) is 3.53. The number of fused-ring (bicyclic) bond motifs is 3. The minimum Gasteiger partial charge on any atom is -0.358 e. The second kappa shape index (κ2) is 56.0. The summed E-state index contributed by atoms with van der Waals surface area (Å²) >= 11 is 27.3. The van der Waals surface area contributed by atoms with Crippen molar-refractivity contribution in [2.24, 2.45) is 23.5 Å². The number of aromatic nitrogens is 17. The molecular weight excluding hydrogens is 2090 g/mol. The number of halogens is 6. The molecular formula is C87H139Cl3FeI3N20O4P2S3-. The Morgan fingerprint density at radius 1 is 0.577 bits per heavy atom. The molecule has 24 nitrogen and oxygen atoms in total. The minimum absolute atomic E-state index is 0. The monoisotopic (exact) mass is 2230 g/mol. The summed E-state index contributed by atoms with van der Waals surface area (Å²) in [6.07, 6.45) is 38.4. The number of aliphatic hydroxyl groups excluding tert-OH is 1. The van der Waals surface area contributed by atoms with E-state index >= 15 is 0 Å². The van der Waals surface area contributed by atoms with E-state index in [0.717, 1.165) is 112 Å². The Hall–Kier alpha value is -3.80. The average Bonchev–Trinajstić information content (AvgIpc) is 0.959. The van der Waals surface area contributed by atoms with Gasteiger partial charge in [0, 0.05) is 87.6 Å². The summed E-state index contributed by atoms with van der Waals surface area (Å²) in [5, 5.41) is 59.5. The SMILES string of the molecule is C.C.C.C1CCCC1.COc1ccc([C@H]2C[C@@H]2CO)nc1.COc1ccc([C@H]2C[C@@H]2COc2cc(NCc3nnc(C)s3)n3nccc3n2)nc1.C[C@H](C1CCCC1P(C1CCCCC1)C1CCCCC1)P(C(C)(C)C)C(C)(C)C.Cc1nnc(CN)s1.Cc1nnc(CNc2cc(Cl)nc3ccnn23)s1.Clc1cc(Cl)n2nccc2n1.I[I-]I.[2H][2H].[2H][2H].[2H][2H].[CH3-].[CH3-].[Fe+2]. The van der Waals surface area contributed by atoms with Gasteiger partial charge < -0.3 is 50.5 Å². The number of nitrogens with one attached hydrogen (secondary N) is 2. The molecule has 0 spiro atoms. The normalized spacial score (nSPS) is 18.6. The van der Waals surface area contributed by atoms with Crippen LogP contribution < -0.4 is 43.8 Å². The molecule has 0 radical (unpaired) electrons. The van der Waals surface area contributed by atoms with Gasteiger partial charge in [-0.1, -0.05) is 221 Å². The Balaban J connectivity index is 0.000000775. The molecule has 11 aromatic heterocycles. The van der Waals surface area contributed by atoms with Crippen molar-refractivity contribution < 1.29 is 58.5 Å². The van der Waals surface area contributed by atoms with Crippen molar-refractivity contribution in [3.63, 3.8) is 0 Å². The summed E-state index contributed by atoms with van der Waals surface area (Å²) in [6, 6.07) is 18.4. The first-order valence-corrected chi connectivity index (χ1v) is 59.7. The van der Waals surface area contributed by atoms with Crippen molar-refractivity contribution in [1.82, 2.24) is 84.4 Å². The number of rotatable bonds is 20. The molecule has 6 fully saturated rings. The molecule has 7 atom stereocenters. The summed E-state index contributed by atoms with van der Waals surface area (Å²) in [4.78, 5) is 21.5. The van der Waals surface area contributed by atoms with E-state index in [-0.39, 0.29) is 76.7 Å². The van der Waals surface area contributed by atoms with Gasteiger partial charge in [0.15, 0.2) is 16.9 Å². The van der Waals surface area contributed by atoms with Crippen LogP contribution in [0, 0.1) is 53.4 Å². The Kier molecular flexibility index (Phi) is 48.4. The molecule has 11 heterocycles. The first kappa shape index (κ1) is 106. The predicted molar refractivity (Wildman–Crippen MR) is 534 cm³/mol. The largest absolute Gasteiger partial charge is 2.00 e. The Bertz CT molecular complexity index is 4760. The van der Waals surface area contributed by atoms with Crippen LogP contribution in [0.25, 0.3) is 16.9 Å². The first-order valence-electron chi connectivity index (χ1n) is 43.6. The molecule has 6 aliphatic rings. The average molecular weight is 2240 g/mol. The van der Waals surface area contributed by atoms with Crippen LogP contribution in [-0.4, -0.2) is 150 Å². The van der Waals surface area contributed by atoms with Crippen LogP contribution in [0.2, 0.25) is 15.5 Å². The number of aryl methyl sites for hydroxylation is 3. The van der Waals surface area contributed by atoms with Gasteiger partial charge >= 0.3 is 67.6 Å². The molecule has 6 aliphatic carbocycles. The van der Waals surface area contributed by atoms with Crippen LogP contribution in [-0.2, 0) is 36.7 Å². The van der Waals surface area contributed by atoms with E-state index in [1.165, 1.54) is 55.9 Å². The minimum atomic E-state index is 0.